The molecule has 0 aliphatic heterocycles. The van der Waals surface area contributed by atoms with Crippen LogP contribution in [0.25, 0.3) is 0 Å². The normalized spacial score (nSPS) is 12.3. The Labute approximate surface area is 121 Å². The van der Waals surface area contributed by atoms with Gasteiger partial charge in [0.1, 0.15) is 28.5 Å². The molecule has 0 radical (unpaired) electrons. The zero-order valence-electron chi connectivity index (χ0n) is 11.4. The Kier molecular flexibility index (Phi) is 6.01. The largest absolute Gasteiger partial charge is 0.369 e. The number of nitrogens with two attached hydrogens (primary N) is 1. The second-order valence-corrected chi connectivity index (χ2v) is 5.37. The molecule has 0 aliphatic carbocycles. The third-order valence-electron chi connectivity index (χ3n) is 2.60. The van der Waals surface area contributed by atoms with E-state index in [1.165, 1.54) is 6.33 Å². The zero-order valence-corrected chi connectivity index (χ0v) is 13.0. The van der Waals surface area contributed by atoms with Gasteiger partial charge in [0.2, 0.25) is 5.91 Å². The van der Waals surface area contributed by atoms with E-state index in [9.17, 15) is 4.79 Å². The van der Waals surface area contributed by atoms with Crippen LogP contribution < -0.4 is 16.4 Å². The Morgan fingerprint density at radius 1 is 1.42 bits per heavy atom. The average Bonchev–Trinajstić information content (AvgIpc) is 2.35. The summed E-state index contributed by atoms with van der Waals surface area (Å²) >= 11 is 3.44. The molecule has 1 unspecified atom stereocenters. The molecule has 0 fully saturated rings. The predicted octanol–water partition coefficient (Wildman–Crippen LogP) is 1.98. The lowest BCUT2D eigenvalue weighted by Gasteiger charge is -2.20. The van der Waals surface area contributed by atoms with Gasteiger partial charge >= 0.3 is 0 Å². The number of aromatic nitrogens is 2. The van der Waals surface area contributed by atoms with Crippen molar-refractivity contribution >= 4 is 33.5 Å². The summed E-state index contributed by atoms with van der Waals surface area (Å²) in [7, 11) is 0. The minimum atomic E-state index is -0.467. The van der Waals surface area contributed by atoms with E-state index in [1.54, 1.807) is 0 Å². The van der Waals surface area contributed by atoms with Crippen molar-refractivity contribution in [3.8, 4) is 0 Å². The van der Waals surface area contributed by atoms with Crippen molar-refractivity contribution in [3.63, 3.8) is 0 Å². The molecule has 0 saturated carbocycles. The number of halogens is 1. The van der Waals surface area contributed by atoms with Gasteiger partial charge in [-0.2, -0.15) is 0 Å². The smallest absolute Gasteiger partial charge is 0.240 e. The van der Waals surface area contributed by atoms with Gasteiger partial charge in [-0.25, -0.2) is 9.97 Å². The van der Waals surface area contributed by atoms with Crippen LogP contribution in [0.3, 0.4) is 0 Å². The predicted molar refractivity (Wildman–Crippen MR) is 80.0 cm³/mol. The van der Waals surface area contributed by atoms with Crippen molar-refractivity contribution in [1.29, 1.82) is 0 Å². The molecule has 106 valence electrons. The van der Waals surface area contributed by atoms with E-state index in [0.29, 0.717) is 16.1 Å². The van der Waals surface area contributed by atoms with Gasteiger partial charge in [-0.1, -0.05) is 20.8 Å². The number of rotatable bonds is 7. The summed E-state index contributed by atoms with van der Waals surface area (Å²) in [6, 6.07) is -0.467. The molecule has 0 spiro atoms. The summed E-state index contributed by atoms with van der Waals surface area (Å²) in [6.07, 6.45) is 2.44. The number of hydrogen-bond acceptors (Lipinski definition) is 5. The van der Waals surface area contributed by atoms with E-state index in [2.05, 4.69) is 43.5 Å². The fourth-order valence-corrected chi connectivity index (χ4v) is 2.01. The Morgan fingerprint density at radius 3 is 2.58 bits per heavy atom. The summed E-state index contributed by atoms with van der Waals surface area (Å²) in [6.45, 7) is 6.74. The summed E-state index contributed by atoms with van der Waals surface area (Å²) < 4.78 is 0.704. The van der Waals surface area contributed by atoms with Crippen LogP contribution in [0.4, 0.5) is 11.6 Å². The SMILES string of the molecule is CCCNc1ncnc(NC(C(N)=O)C(C)C)c1Br. The molecular weight excluding hydrogens is 310 g/mol. The van der Waals surface area contributed by atoms with E-state index in [4.69, 9.17) is 5.73 Å². The van der Waals surface area contributed by atoms with Gasteiger partial charge in [0, 0.05) is 6.54 Å². The molecule has 0 aliphatic rings. The van der Waals surface area contributed by atoms with Gasteiger partial charge in [0.25, 0.3) is 0 Å². The Morgan fingerprint density at radius 2 is 2.05 bits per heavy atom. The topological polar surface area (TPSA) is 92.9 Å². The molecule has 1 aromatic rings. The summed E-state index contributed by atoms with van der Waals surface area (Å²) in [5.41, 5.74) is 5.38. The maximum Gasteiger partial charge on any atom is 0.240 e. The lowest BCUT2D eigenvalue weighted by atomic mass is 10.0. The fourth-order valence-electron chi connectivity index (χ4n) is 1.55. The Hall–Kier alpha value is -1.37. The van der Waals surface area contributed by atoms with Crippen molar-refractivity contribution in [3.05, 3.63) is 10.8 Å². The van der Waals surface area contributed by atoms with Crippen LogP contribution in [0, 0.1) is 5.92 Å². The molecule has 1 atom stereocenters. The van der Waals surface area contributed by atoms with E-state index in [1.807, 2.05) is 13.8 Å². The van der Waals surface area contributed by atoms with E-state index < -0.39 is 11.9 Å². The molecule has 1 rings (SSSR count). The third kappa shape index (κ3) is 4.34. The van der Waals surface area contributed by atoms with E-state index in [-0.39, 0.29) is 5.92 Å². The first-order valence-electron chi connectivity index (χ1n) is 6.27. The molecular formula is C12H20BrN5O. The van der Waals surface area contributed by atoms with Gasteiger partial charge < -0.3 is 16.4 Å². The van der Waals surface area contributed by atoms with Crippen molar-refractivity contribution in [1.82, 2.24) is 9.97 Å². The molecule has 7 heteroatoms. The lowest BCUT2D eigenvalue weighted by Crippen LogP contribution is -2.39. The minimum Gasteiger partial charge on any atom is -0.369 e. The van der Waals surface area contributed by atoms with Crippen LogP contribution >= 0.6 is 15.9 Å². The van der Waals surface area contributed by atoms with Gasteiger partial charge in [0.15, 0.2) is 0 Å². The van der Waals surface area contributed by atoms with E-state index >= 15 is 0 Å². The molecule has 6 nitrogen and oxygen atoms in total. The van der Waals surface area contributed by atoms with Crippen LogP contribution in [0.2, 0.25) is 0 Å². The molecule has 19 heavy (non-hydrogen) atoms. The number of hydrogen-bond donors (Lipinski definition) is 3. The highest BCUT2D eigenvalue weighted by Crippen LogP contribution is 2.27. The fraction of sp³-hybridized carbons (Fsp3) is 0.583. The number of primary amides is 1. The molecule has 1 aromatic heterocycles. The van der Waals surface area contributed by atoms with Gasteiger partial charge in [0.05, 0.1) is 0 Å². The molecule has 0 saturated heterocycles. The molecule has 0 aromatic carbocycles. The van der Waals surface area contributed by atoms with Crippen molar-refractivity contribution in [2.24, 2.45) is 11.7 Å². The van der Waals surface area contributed by atoms with Crippen LogP contribution in [0.5, 0.6) is 0 Å². The minimum absolute atomic E-state index is 0.0754. The summed E-state index contributed by atoms with van der Waals surface area (Å²) in [4.78, 5) is 19.7. The number of carbonyl (C=O) groups is 1. The highest BCUT2D eigenvalue weighted by Gasteiger charge is 2.21. The van der Waals surface area contributed by atoms with Gasteiger partial charge in [-0.3, -0.25) is 4.79 Å². The lowest BCUT2D eigenvalue weighted by molar-refractivity contribution is -0.119. The number of anilines is 2. The molecule has 1 amide bonds. The number of nitrogens with one attached hydrogen (secondary N) is 2. The highest BCUT2D eigenvalue weighted by atomic mass is 79.9. The van der Waals surface area contributed by atoms with Gasteiger partial charge in [-0.15, -0.1) is 0 Å². The highest BCUT2D eigenvalue weighted by molar-refractivity contribution is 9.10. The standard InChI is InChI=1S/C12H20BrN5O/c1-4-5-15-11-8(13)12(17-6-16-11)18-9(7(2)3)10(14)19/h6-7,9H,4-5H2,1-3H3,(H2,14,19)(H2,15,16,17,18). The average molecular weight is 330 g/mol. The second kappa shape index (κ2) is 7.28. The zero-order chi connectivity index (χ0) is 14.4. The molecule has 1 heterocycles. The summed E-state index contributed by atoms with van der Waals surface area (Å²) in [5.74, 6) is 0.937. The number of amides is 1. The first-order chi connectivity index (χ1) is 8.97. The monoisotopic (exact) mass is 329 g/mol. The van der Waals surface area contributed by atoms with Gasteiger partial charge in [-0.05, 0) is 28.3 Å². The van der Waals surface area contributed by atoms with E-state index in [0.717, 1.165) is 13.0 Å². The van der Waals surface area contributed by atoms with Crippen LogP contribution in [-0.4, -0.2) is 28.5 Å². The van der Waals surface area contributed by atoms with Crippen molar-refractivity contribution in [2.45, 2.75) is 33.2 Å². The maximum atomic E-state index is 11.4. The second-order valence-electron chi connectivity index (χ2n) is 4.58. The summed E-state index contributed by atoms with van der Waals surface area (Å²) in [5, 5.41) is 6.23. The van der Waals surface area contributed by atoms with Crippen molar-refractivity contribution in [2.75, 3.05) is 17.2 Å². The van der Waals surface area contributed by atoms with Crippen LogP contribution in [-0.2, 0) is 4.79 Å². The van der Waals surface area contributed by atoms with Crippen LogP contribution in [0.15, 0.2) is 10.8 Å². The first-order valence-corrected chi connectivity index (χ1v) is 7.06. The quantitative estimate of drug-likeness (QED) is 0.711. The Balaban J connectivity index is 2.91. The van der Waals surface area contributed by atoms with Crippen LogP contribution in [0.1, 0.15) is 27.2 Å². The molecule has 4 N–H and O–H groups in total. The molecule has 0 bridgehead atoms. The maximum absolute atomic E-state index is 11.4. The number of carbonyl (C=O) groups excluding carboxylic acids is 1. The number of nitrogens with zero attached hydrogens (tertiary/aromatic N) is 2. The Bertz CT molecular complexity index is 438. The third-order valence-corrected chi connectivity index (χ3v) is 3.35. The first kappa shape index (κ1) is 15.7. The van der Waals surface area contributed by atoms with Crippen molar-refractivity contribution < 1.29 is 4.79 Å².